The van der Waals surface area contributed by atoms with Gasteiger partial charge in [0.2, 0.25) is 0 Å². The van der Waals surface area contributed by atoms with Crippen LogP contribution in [0.15, 0.2) is 30.6 Å². The lowest BCUT2D eigenvalue weighted by atomic mass is 10.3. The third kappa shape index (κ3) is 1.81. The Morgan fingerprint density at radius 2 is 2.31 bits per heavy atom. The van der Waals surface area contributed by atoms with Crippen LogP contribution in [-0.2, 0) is 4.84 Å². The van der Waals surface area contributed by atoms with E-state index < -0.39 is 11.3 Å². The lowest BCUT2D eigenvalue weighted by Crippen LogP contribution is -2.14. The molecule has 1 unspecified atom stereocenters. The Labute approximate surface area is 91.6 Å². The highest BCUT2D eigenvalue weighted by Gasteiger charge is 2.15. The smallest absolute Gasteiger partial charge is 0.296 e. The molecule has 0 aliphatic rings. The van der Waals surface area contributed by atoms with Gasteiger partial charge in [-0.2, -0.15) is 0 Å². The SMILES string of the molecule is CCC(O[N+](=O)[O-])n1cnc2ccccc21. The van der Waals surface area contributed by atoms with E-state index in [9.17, 15) is 10.1 Å². The molecule has 6 nitrogen and oxygen atoms in total. The normalized spacial score (nSPS) is 12.6. The van der Waals surface area contributed by atoms with Gasteiger partial charge in [-0.15, -0.1) is 10.1 Å². The molecule has 6 heteroatoms. The molecule has 1 atom stereocenters. The molecule has 1 aromatic heterocycles. The van der Waals surface area contributed by atoms with Gasteiger partial charge >= 0.3 is 0 Å². The fraction of sp³-hybridized carbons (Fsp3) is 0.300. The van der Waals surface area contributed by atoms with Crippen LogP contribution < -0.4 is 0 Å². The Hall–Kier alpha value is -2.11. The summed E-state index contributed by atoms with van der Waals surface area (Å²) in [6.07, 6.45) is 1.44. The van der Waals surface area contributed by atoms with Crippen LogP contribution in [0.5, 0.6) is 0 Å². The lowest BCUT2D eigenvalue weighted by molar-refractivity contribution is -0.775. The Kier molecular flexibility index (Phi) is 2.72. The number of benzene rings is 1. The summed E-state index contributed by atoms with van der Waals surface area (Å²) in [4.78, 5) is 19.1. The summed E-state index contributed by atoms with van der Waals surface area (Å²) in [7, 11) is 0. The zero-order chi connectivity index (χ0) is 11.5. The van der Waals surface area contributed by atoms with E-state index in [1.165, 1.54) is 0 Å². The molecular formula is C10H11N3O3. The molecule has 0 N–H and O–H groups in total. The van der Waals surface area contributed by atoms with E-state index in [2.05, 4.69) is 9.82 Å². The second kappa shape index (κ2) is 4.18. The van der Waals surface area contributed by atoms with E-state index in [0.29, 0.717) is 6.42 Å². The highest BCUT2D eigenvalue weighted by Crippen LogP contribution is 2.20. The first-order valence-corrected chi connectivity index (χ1v) is 4.95. The van der Waals surface area contributed by atoms with Crippen LogP contribution >= 0.6 is 0 Å². The van der Waals surface area contributed by atoms with E-state index in [4.69, 9.17) is 0 Å². The molecule has 84 valence electrons. The van der Waals surface area contributed by atoms with Gasteiger partial charge in [-0.25, -0.2) is 4.98 Å². The number of para-hydroxylation sites is 2. The maximum atomic E-state index is 10.3. The molecule has 0 fully saturated rings. The Balaban J connectivity index is 2.41. The monoisotopic (exact) mass is 221 g/mol. The largest absolute Gasteiger partial charge is 0.304 e. The fourth-order valence-electron chi connectivity index (χ4n) is 1.63. The average Bonchev–Trinajstić information content (AvgIpc) is 2.69. The second-order valence-corrected chi connectivity index (χ2v) is 3.33. The molecule has 1 heterocycles. The standard InChI is InChI=1S/C10H11N3O3/c1-2-10(16-13(14)15)12-7-11-8-5-3-4-6-9(8)12/h3-7,10H,2H2,1H3. The van der Waals surface area contributed by atoms with Gasteiger partial charge in [0, 0.05) is 0 Å². The van der Waals surface area contributed by atoms with Crippen molar-refractivity contribution in [2.24, 2.45) is 0 Å². The van der Waals surface area contributed by atoms with Crippen LogP contribution in [0.2, 0.25) is 0 Å². The van der Waals surface area contributed by atoms with Crippen molar-refractivity contribution in [3.8, 4) is 0 Å². The molecule has 0 aliphatic carbocycles. The van der Waals surface area contributed by atoms with E-state index >= 15 is 0 Å². The number of hydrogen-bond acceptors (Lipinski definition) is 4. The van der Waals surface area contributed by atoms with E-state index in [0.717, 1.165) is 11.0 Å². The summed E-state index contributed by atoms with van der Waals surface area (Å²) in [5.74, 6) is 0. The minimum atomic E-state index is -0.775. The maximum absolute atomic E-state index is 10.3. The van der Waals surface area contributed by atoms with Crippen molar-refractivity contribution in [1.82, 2.24) is 9.55 Å². The fourth-order valence-corrected chi connectivity index (χ4v) is 1.63. The minimum absolute atomic E-state index is 0.501. The van der Waals surface area contributed by atoms with Crippen LogP contribution in [0.4, 0.5) is 0 Å². The van der Waals surface area contributed by atoms with Gasteiger partial charge in [-0.05, 0) is 18.6 Å². The number of fused-ring (bicyclic) bond motifs is 1. The molecular weight excluding hydrogens is 210 g/mol. The molecule has 0 bridgehead atoms. The van der Waals surface area contributed by atoms with Crippen molar-refractivity contribution in [2.75, 3.05) is 0 Å². The van der Waals surface area contributed by atoms with Crippen molar-refractivity contribution in [3.63, 3.8) is 0 Å². The molecule has 0 amide bonds. The zero-order valence-electron chi connectivity index (χ0n) is 8.74. The van der Waals surface area contributed by atoms with E-state index in [1.54, 1.807) is 10.9 Å². The number of imidazole rings is 1. The molecule has 0 radical (unpaired) electrons. The molecule has 2 rings (SSSR count). The summed E-state index contributed by atoms with van der Waals surface area (Å²) in [5, 5.41) is 9.57. The van der Waals surface area contributed by atoms with Crippen molar-refractivity contribution in [2.45, 2.75) is 19.6 Å². The van der Waals surface area contributed by atoms with Crippen molar-refractivity contribution < 1.29 is 9.92 Å². The Bertz CT molecular complexity index is 509. The maximum Gasteiger partial charge on any atom is 0.296 e. The van der Waals surface area contributed by atoms with Crippen LogP contribution in [-0.4, -0.2) is 14.6 Å². The number of hydrogen-bond donors (Lipinski definition) is 0. The number of aromatic nitrogens is 2. The highest BCUT2D eigenvalue weighted by atomic mass is 17.0. The first-order chi connectivity index (χ1) is 7.72. The molecule has 0 saturated carbocycles. The van der Waals surface area contributed by atoms with E-state index in [-0.39, 0.29) is 0 Å². The first kappa shape index (κ1) is 10.4. The van der Waals surface area contributed by atoms with Crippen LogP contribution in [0, 0.1) is 10.1 Å². The molecule has 0 aliphatic heterocycles. The average molecular weight is 221 g/mol. The summed E-state index contributed by atoms with van der Waals surface area (Å²) < 4.78 is 1.66. The van der Waals surface area contributed by atoms with Crippen LogP contribution in [0.3, 0.4) is 0 Å². The molecule has 0 spiro atoms. The van der Waals surface area contributed by atoms with Crippen LogP contribution in [0.25, 0.3) is 11.0 Å². The predicted molar refractivity (Wildman–Crippen MR) is 57.1 cm³/mol. The van der Waals surface area contributed by atoms with E-state index in [1.807, 2.05) is 31.2 Å². The van der Waals surface area contributed by atoms with Gasteiger partial charge in [-0.1, -0.05) is 19.1 Å². The van der Waals surface area contributed by atoms with Gasteiger partial charge in [0.15, 0.2) is 6.23 Å². The summed E-state index contributed by atoms with van der Waals surface area (Å²) in [6, 6.07) is 7.44. The molecule has 16 heavy (non-hydrogen) atoms. The van der Waals surface area contributed by atoms with Gasteiger partial charge < -0.3 is 4.57 Å². The summed E-state index contributed by atoms with van der Waals surface area (Å²) >= 11 is 0. The first-order valence-electron chi connectivity index (χ1n) is 4.95. The zero-order valence-corrected chi connectivity index (χ0v) is 8.74. The van der Waals surface area contributed by atoms with Crippen molar-refractivity contribution in [1.29, 1.82) is 0 Å². The van der Waals surface area contributed by atoms with Crippen molar-refractivity contribution >= 4 is 11.0 Å². The summed E-state index contributed by atoms with van der Waals surface area (Å²) in [6.45, 7) is 1.82. The molecule has 2 aromatic rings. The van der Waals surface area contributed by atoms with Gasteiger partial charge in [-0.3, -0.25) is 4.84 Å². The quantitative estimate of drug-likeness (QED) is 0.585. The Morgan fingerprint density at radius 3 is 3.00 bits per heavy atom. The second-order valence-electron chi connectivity index (χ2n) is 3.33. The predicted octanol–water partition coefficient (Wildman–Crippen LogP) is 2.15. The number of rotatable bonds is 4. The van der Waals surface area contributed by atoms with Crippen molar-refractivity contribution in [3.05, 3.63) is 40.7 Å². The topological polar surface area (TPSA) is 70.2 Å². The Morgan fingerprint density at radius 1 is 1.56 bits per heavy atom. The van der Waals surface area contributed by atoms with Gasteiger partial charge in [0.1, 0.15) is 0 Å². The third-order valence-electron chi connectivity index (χ3n) is 2.35. The summed E-state index contributed by atoms with van der Waals surface area (Å²) in [5.41, 5.74) is 1.63. The lowest BCUT2D eigenvalue weighted by Gasteiger charge is -2.14. The third-order valence-corrected chi connectivity index (χ3v) is 2.35. The van der Waals surface area contributed by atoms with Gasteiger partial charge in [0.25, 0.3) is 5.09 Å². The minimum Gasteiger partial charge on any atom is -0.304 e. The highest BCUT2D eigenvalue weighted by molar-refractivity contribution is 5.75. The van der Waals surface area contributed by atoms with Crippen LogP contribution in [0.1, 0.15) is 19.6 Å². The van der Waals surface area contributed by atoms with Gasteiger partial charge in [0.05, 0.1) is 17.4 Å². The molecule has 1 aromatic carbocycles. The molecule has 0 saturated heterocycles. The number of nitrogens with zero attached hydrogens (tertiary/aromatic N) is 3.